The summed E-state index contributed by atoms with van der Waals surface area (Å²) >= 11 is 1.78. The highest BCUT2D eigenvalue weighted by atomic mass is 32.2. The fourth-order valence-electron chi connectivity index (χ4n) is 1.08. The lowest BCUT2D eigenvalue weighted by Crippen LogP contribution is -2.48. The second-order valence-corrected chi connectivity index (χ2v) is 3.54. The van der Waals surface area contributed by atoms with Crippen molar-refractivity contribution in [1.29, 1.82) is 0 Å². The average molecular weight is 174 g/mol. The maximum absolute atomic E-state index is 11.2. The maximum Gasteiger partial charge on any atom is 0.236 e. The summed E-state index contributed by atoms with van der Waals surface area (Å²) in [5.41, 5.74) is 0. The van der Waals surface area contributed by atoms with Crippen LogP contribution in [0.4, 0.5) is 0 Å². The second kappa shape index (κ2) is 4.62. The van der Waals surface area contributed by atoms with Crippen molar-refractivity contribution in [1.82, 2.24) is 10.2 Å². The Bertz CT molecular complexity index is 140. The van der Waals surface area contributed by atoms with E-state index in [-0.39, 0.29) is 5.91 Å². The molecule has 0 spiro atoms. The number of thioether (sulfide) groups is 1. The van der Waals surface area contributed by atoms with Crippen LogP contribution in [0.2, 0.25) is 0 Å². The van der Waals surface area contributed by atoms with Crippen molar-refractivity contribution in [3.05, 3.63) is 0 Å². The van der Waals surface area contributed by atoms with Crippen LogP contribution in [0.15, 0.2) is 0 Å². The van der Waals surface area contributed by atoms with E-state index in [1.807, 2.05) is 4.90 Å². The third kappa shape index (κ3) is 2.71. The summed E-state index contributed by atoms with van der Waals surface area (Å²) in [6.07, 6.45) is 2.06. The number of piperazine rings is 1. The zero-order chi connectivity index (χ0) is 8.10. The molecule has 1 amide bonds. The van der Waals surface area contributed by atoms with Crippen molar-refractivity contribution >= 4 is 17.7 Å². The Balaban J connectivity index is 2.24. The molecule has 1 heterocycles. The molecule has 1 rings (SSSR count). The minimum absolute atomic E-state index is 0.241. The van der Waals surface area contributed by atoms with E-state index in [0.29, 0.717) is 6.54 Å². The lowest BCUT2D eigenvalue weighted by molar-refractivity contribution is -0.131. The minimum atomic E-state index is 0.241. The van der Waals surface area contributed by atoms with E-state index in [2.05, 4.69) is 11.6 Å². The van der Waals surface area contributed by atoms with Gasteiger partial charge >= 0.3 is 0 Å². The zero-order valence-electron chi connectivity index (χ0n) is 6.80. The first-order chi connectivity index (χ1) is 5.34. The summed E-state index contributed by atoms with van der Waals surface area (Å²) in [5.74, 6) is 1.29. The van der Waals surface area contributed by atoms with Gasteiger partial charge in [0.25, 0.3) is 0 Å². The molecule has 0 aromatic heterocycles. The predicted octanol–water partition coefficient (Wildman–Crippen LogP) is -0.219. The van der Waals surface area contributed by atoms with E-state index in [1.54, 1.807) is 11.8 Å². The first-order valence-electron chi connectivity index (χ1n) is 3.82. The van der Waals surface area contributed by atoms with Gasteiger partial charge in [0, 0.05) is 25.4 Å². The predicted molar refractivity (Wildman–Crippen MR) is 47.8 cm³/mol. The van der Waals surface area contributed by atoms with Crippen molar-refractivity contribution in [2.75, 3.05) is 38.2 Å². The van der Waals surface area contributed by atoms with Crippen molar-refractivity contribution in [2.24, 2.45) is 0 Å². The Morgan fingerprint density at radius 1 is 1.73 bits per heavy atom. The van der Waals surface area contributed by atoms with E-state index in [4.69, 9.17) is 0 Å². The standard InChI is InChI=1S/C7H14N2OS/c1-11-5-4-9-3-2-8-6-7(9)10/h8H,2-6H2,1H3. The van der Waals surface area contributed by atoms with Crippen LogP contribution in [0.1, 0.15) is 0 Å². The molecule has 1 aliphatic heterocycles. The van der Waals surface area contributed by atoms with Crippen LogP contribution in [0.25, 0.3) is 0 Å². The first-order valence-corrected chi connectivity index (χ1v) is 5.21. The summed E-state index contributed by atoms with van der Waals surface area (Å²) in [4.78, 5) is 13.1. The van der Waals surface area contributed by atoms with Crippen LogP contribution < -0.4 is 5.32 Å². The smallest absolute Gasteiger partial charge is 0.236 e. The molecule has 1 N–H and O–H groups in total. The molecule has 0 atom stereocenters. The largest absolute Gasteiger partial charge is 0.339 e. The molecule has 0 radical (unpaired) electrons. The molecule has 0 saturated carbocycles. The number of nitrogens with zero attached hydrogens (tertiary/aromatic N) is 1. The van der Waals surface area contributed by atoms with Crippen LogP contribution >= 0.6 is 11.8 Å². The summed E-state index contributed by atoms with van der Waals surface area (Å²) in [6, 6.07) is 0. The lowest BCUT2D eigenvalue weighted by atomic mass is 10.3. The van der Waals surface area contributed by atoms with Gasteiger partial charge in [-0.1, -0.05) is 0 Å². The number of carbonyl (C=O) groups is 1. The highest BCUT2D eigenvalue weighted by Gasteiger charge is 2.15. The maximum atomic E-state index is 11.2. The van der Waals surface area contributed by atoms with E-state index in [1.165, 1.54) is 0 Å². The Labute approximate surface area is 71.5 Å². The quantitative estimate of drug-likeness (QED) is 0.642. The number of carbonyl (C=O) groups excluding carboxylic acids is 1. The zero-order valence-corrected chi connectivity index (χ0v) is 7.62. The summed E-state index contributed by atoms with van der Waals surface area (Å²) in [7, 11) is 0. The number of hydrogen-bond donors (Lipinski definition) is 1. The fourth-order valence-corrected chi connectivity index (χ4v) is 1.49. The molecule has 3 nitrogen and oxygen atoms in total. The van der Waals surface area contributed by atoms with Crippen molar-refractivity contribution in [3.8, 4) is 0 Å². The molecule has 1 fully saturated rings. The number of amides is 1. The van der Waals surface area contributed by atoms with Crippen molar-refractivity contribution in [3.63, 3.8) is 0 Å². The van der Waals surface area contributed by atoms with Crippen molar-refractivity contribution < 1.29 is 4.79 Å². The third-order valence-electron chi connectivity index (χ3n) is 1.75. The van der Waals surface area contributed by atoms with Gasteiger partial charge < -0.3 is 10.2 Å². The summed E-state index contributed by atoms with van der Waals surface area (Å²) in [6.45, 7) is 3.25. The van der Waals surface area contributed by atoms with E-state index in [0.717, 1.165) is 25.4 Å². The van der Waals surface area contributed by atoms with E-state index in [9.17, 15) is 4.79 Å². The molecule has 0 aliphatic carbocycles. The van der Waals surface area contributed by atoms with Gasteiger partial charge in [-0.05, 0) is 6.26 Å². The molecule has 0 bridgehead atoms. The molecule has 1 aliphatic rings. The molecule has 11 heavy (non-hydrogen) atoms. The highest BCUT2D eigenvalue weighted by Crippen LogP contribution is 1.98. The van der Waals surface area contributed by atoms with Crippen LogP contribution in [0, 0.1) is 0 Å². The molecular weight excluding hydrogens is 160 g/mol. The molecular formula is C7H14N2OS. The van der Waals surface area contributed by atoms with E-state index < -0.39 is 0 Å². The SMILES string of the molecule is CSCCN1CCNCC1=O. The van der Waals surface area contributed by atoms with E-state index >= 15 is 0 Å². The van der Waals surface area contributed by atoms with Gasteiger partial charge in [-0.15, -0.1) is 0 Å². The topological polar surface area (TPSA) is 32.3 Å². The average Bonchev–Trinajstić information content (AvgIpc) is 2.03. The second-order valence-electron chi connectivity index (χ2n) is 2.55. The molecule has 1 saturated heterocycles. The third-order valence-corrected chi connectivity index (χ3v) is 2.34. The van der Waals surface area contributed by atoms with Crippen LogP contribution in [0.5, 0.6) is 0 Å². The Morgan fingerprint density at radius 2 is 2.55 bits per heavy atom. The van der Waals surface area contributed by atoms with Crippen LogP contribution in [-0.4, -0.2) is 49.0 Å². The molecule has 0 unspecified atom stereocenters. The fraction of sp³-hybridized carbons (Fsp3) is 0.857. The Kier molecular flexibility index (Phi) is 3.72. The number of hydrogen-bond acceptors (Lipinski definition) is 3. The van der Waals surface area contributed by atoms with Crippen molar-refractivity contribution in [2.45, 2.75) is 0 Å². The van der Waals surface area contributed by atoms with Crippen LogP contribution in [0.3, 0.4) is 0 Å². The summed E-state index contributed by atoms with van der Waals surface area (Å²) in [5, 5.41) is 3.04. The Morgan fingerprint density at radius 3 is 3.18 bits per heavy atom. The van der Waals surface area contributed by atoms with Gasteiger partial charge in [-0.25, -0.2) is 0 Å². The lowest BCUT2D eigenvalue weighted by Gasteiger charge is -2.26. The van der Waals surface area contributed by atoms with Gasteiger partial charge in [-0.2, -0.15) is 11.8 Å². The van der Waals surface area contributed by atoms with Gasteiger partial charge in [0.1, 0.15) is 0 Å². The molecule has 64 valence electrons. The summed E-state index contributed by atoms with van der Waals surface area (Å²) < 4.78 is 0. The normalized spacial score (nSPS) is 19.0. The minimum Gasteiger partial charge on any atom is -0.339 e. The molecule has 0 aromatic carbocycles. The number of rotatable bonds is 3. The Hall–Kier alpha value is -0.220. The van der Waals surface area contributed by atoms with Gasteiger partial charge in [0.05, 0.1) is 6.54 Å². The monoisotopic (exact) mass is 174 g/mol. The first kappa shape index (κ1) is 8.87. The van der Waals surface area contributed by atoms with Gasteiger partial charge in [-0.3, -0.25) is 4.79 Å². The van der Waals surface area contributed by atoms with Gasteiger partial charge in [0.2, 0.25) is 5.91 Å². The van der Waals surface area contributed by atoms with Gasteiger partial charge in [0.15, 0.2) is 0 Å². The highest BCUT2D eigenvalue weighted by molar-refractivity contribution is 7.98. The molecule has 4 heteroatoms. The number of nitrogens with one attached hydrogen (secondary N) is 1. The van der Waals surface area contributed by atoms with Crippen LogP contribution in [-0.2, 0) is 4.79 Å². The molecule has 0 aromatic rings.